The molecule has 8 heteroatoms. The molecule has 2 aliphatic rings. The van der Waals surface area contributed by atoms with Crippen LogP contribution in [0.25, 0.3) is 0 Å². The lowest BCUT2D eigenvalue weighted by atomic mass is 10.1. The molecule has 0 radical (unpaired) electrons. The maximum absolute atomic E-state index is 13.1. The fraction of sp³-hybridized carbons (Fsp3) is 0.571. The summed E-state index contributed by atoms with van der Waals surface area (Å²) in [4.78, 5) is 32.1. The summed E-state index contributed by atoms with van der Waals surface area (Å²) >= 11 is 0. The summed E-state index contributed by atoms with van der Waals surface area (Å²) in [6.45, 7) is 8.47. The van der Waals surface area contributed by atoms with Gasteiger partial charge >= 0.3 is 0 Å². The van der Waals surface area contributed by atoms with Gasteiger partial charge in [-0.1, -0.05) is 19.1 Å². The topological polar surface area (TPSA) is 86.3 Å². The Morgan fingerprint density at radius 1 is 1.41 bits per heavy atom. The molecule has 0 aromatic rings. The van der Waals surface area contributed by atoms with E-state index in [-0.39, 0.29) is 12.5 Å². The SMILES string of the molecule is CC=C(N=CN/C(CC)=C(\C(=O)N(C)CC=O)N1CCNCC1)C1=CCOCC1. The predicted octanol–water partition coefficient (Wildman–Crippen LogP) is 1.04. The number of amides is 1. The minimum Gasteiger partial charge on any atom is -0.377 e. The van der Waals surface area contributed by atoms with Crippen LogP contribution in [-0.2, 0) is 14.3 Å². The van der Waals surface area contributed by atoms with Crippen LogP contribution >= 0.6 is 0 Å². The van der Waals surface area contributed by atoms with Crippen LogP contribution in [0.2, 0.25) is 0 Å². The highest BCUT2D eigenvalue weighted by Crippen LogP contribution is 2.19. The second kappa shape index (κ2) is 12.2. The van der Waals surface area contributed by atoms with Crippen molar-refractivity contribution in [2.45, 2.75) is 26.7 Å². The van der Waals surface area contributed by atoms with Crippen LogP contribution in [0.1, 0.15) is 26.7 Å². The molecule has 160 valence electrons. The summed E-state index contributed by atoms with van der Waals surface area (Å²) in [5, 5.41) is 6.55. The van der Waals surface area contributed by atoms with E-state index in [0.29, 0.717) is 25.3 Å². The molecule has 8 nitrogen and oxygen atoms in total. The zero-order valence-electron chi connectivity index (χ0n) is 17.7. The number of allylic oxidation sites excluding steroid dienone is 3. The lowest BCUT2D eigenvalue weighted by molar-refractivity contribution is -0.129. The molecule has 0 aliphatic carbocycles. The molecule has 2 rings (SSSR count). The molecule has 0 unspecified atom stereocenters. The van der Waals surface area contributed by atoms with E-state index in [2.05, 4.69) is 26.6 Å². The van der Waals surface area contributed by atoms with E-state index in [1.807, 2.05) is 19.9 Å². The quantitative estimate of drug-likeness (QED) is 0.259. The van der Waals surface area contributed by atoms with E-state index in [1.165, 1.54) is 10.5 Å². The van der Waals surface area contributed by atoms with Crippen molar-refractivity contribution in [1.82, 2.24) is 20.4 Å². The van der Waals surface area contributed by atoms with Gasteiger partial charge in [0.25, 0.3) is 5.91 Å². The summed E-state index contributed by atoms with van der Waals surface area (Å²) in [5.74, 6) is -0.157. The fourth-order valence-electron chi connectivity index (χ4n) is 3.34. The Bertz CT molecular complexity index is 690. The van der Waals surface area contributed by atoms with Crippen LogP contribution in [-0.4, -0.2) is 81.3 Å². The highest BCUT2D eigenvalue weighted by atomic mass is 16.5. The third-order valence-corrected chi connectivity index (χ3v) is 4.98. The smallest absolute Gasteiger partial charge is 0.272 e. The first-order chi connectivity index (χ1) is 14.1. The largest absolute Gasteiger partial charge is 0.377 e. The monoisotopic (exact) mass is 403 g/mol. The van der Waals surface area contributed by atoms with Gasteiger partial charge in [0.05, 0.1) is 31.8 Å². The molecule has 0 aromatic heterocycles. The van der Waals surface area contributed by atoms with Crippen LogP contribution in [0.4, 0.5) is 0 Å². The van der Waals surface area contributed by atoms with E-state index in [1.54, 1.807) is 13.4 Å². The number of ether oxygens (including phenoxy) is 1. The van der Waals surface area contributed by atoms with Crippen LogP contribution < -0.4 is 10.6 Å². The van der Waals surface area contributed by atoms with Crippen molar-refractivity contribution in [2.75, 3.05) is 53.0 Å². The molecule has 29 heavy (non-hydrogen) atoms. The molecular formula is C21H33N5O3. The van der Waals surface area contributed by atoms with Gasteiger partial charge in [0.15, 0.2) is 0 Å². The molecular weight excluding hydrogens is 370 g/mol. The Labute approximate surface area is 173 Å². The molecule has 1 fully saturated rings. The van der Waals surface area contributed by atoms with E-state index < -0.39 is 0 Å². The van der Waals surface area contributed by atoms with Gasteiger partial charge in [-0.25, -0.2) is 4.99 Å². The summed E-state index contributed by atoms with van der Waals surface area (Å²) in [6, 6.07) is 0. The third-order valence-electron chi connectivity index (χ3n) is 4.98. The van der Waals surface area contributed by atoms with Gasteiger partial charge in [0.2, 0.25) is 0 Å². The second-order valence-corrected chi connectivity index (χ2v) is 6.90. The number of aldehydes is 1. The maximum Gasteiger partial charge on any atom is 0.272 e. The number of carbonyl (C=O) groups is 2. The Morgan fingerprint density at radius 2 is 2.17 bits per heavy atom. The van der Waals surface area contributed by atoms with Gasteiger partial charge in [-0.05, 0) is 25.3 Å². The summed E-state index contributed by atoms with van der Waals surface area (Å²) in [7, 11) is 1.65. The second-order valence-electron chi connectivity index (χ2n) is 6.90. The minimum absolute atomic E-state index is 0.0679. The first-order valence-electron chi connectivity index (χ1n) is 10.2. The average Bonchev–Trinajstić information content (AvgIpc) is 2.77. The first-order valence-corrected chi connectivity index (χ1v) is 10.2. The number of carbonyl (C=O) groups excluding carboxylic acids is 2. The van der Waals surface area contributed by atoms with Crippen LogP contribution in [0.15, 0.2) is 39.8 Å². The summed E-state index contributed by atoms with van der Waals surface area (Å²) in [5.41, 5.74) is 3.49. The standard InChI is InChI=1S/C21H33N5O3/c1-4-18(17-6-14-29-15-7-17)23-16-24-19(5-2)20(21(28)25(3)12-13-27)26-10-8-22-9-11-26/h4,6,13,16,22H,5,7-12,14-15H2,1-3H3,(H,23,24)/b18-4?,20-19+. The van der Waals surface area contributed by atoms with Crippen molar-refractivity contribution >= 4 is 18.5 Å². The molecule has 2 N–H and O–H groups in total. The number of aliphatic imine (C=N–C) groups is 1. The average molecular weight is 404 g/mol. The minimum atomic E-state index is -0.157. The first kappa shape index (κ1) is 22.8. The lowest BCUT2D eigenvalue weighted by Crippen LogP contribution is -2.48. The van der Waals surface area contributed by atoms with Crippen molar-refractivity contribution in [2.24, 2.45) is 4.99 Å². The summed E-state index contributed by atoms with van der Waals surface area (Å²) < 4.78 is 5.37. The molecule has 0 spiro atoms. The van der Waals surface area contributed by atoms with Crippen molar-refractivity contribution in [3.8, 4) is 0 Å². The van der Waals surface area contributed by atoms with E-state index in [4.69, 9.17) is 4.74 Å². The zero-order valence-corrected chi connectivity index (χ0v) is 17.7. The number of nitrogens with one attached hydrogen (secondary N) is 2. The van der Waals surface area contributed by atoms with E-state index >= 15 is 0 Å². The molecule has 0 atom stereocenters. The van der Waals surface area contributed by atoms with Gasteiger partial charge < -0.3 is 30.0 Å². The van der Waals surface area contributed by atoms with Gasteiger partial charge in [0.1, 0.15) is 12.0 Å². The van der Waals surface area contributed by atoms with Crippen molar-refractivity contribution in [3.05, 3.63) is 34.8 Å². The highest BCUT2D eigenvalue weighted by Gasteiger charge is 2.25. The normalized spacial score (nSPS) is 18.9. The number of nitrogens with zero attached hydrogens (tertiary/aromatic N) is 3. The maximum atomic E-state index is 13.1. The predicted molar refractivity (Wildman–Crippen MR) is 114 cm³/mol. The van der Waals surface area contributed by atoms with Crippen molar-refractivity contribution in [3.63, 3.8) is 0 Å². The van der Waals surface area contributed by atoms with Crippen LogP contribution in [0.3, 0.4) is 0 Å². The molecule has 0 aromatic carbocycles. The summed E-state index contributed by atoms with van der Waals surface area (Å²) in [6.07, 6.45) is 7.91. The molecule has 0 bridgehead atoms. The Hall–Kier alpha value is -2.45. The zero-order chi connectivity index (χ0) is 21.1. The molecule has 1 saturated heterocycles. The Balaban J connectivity index is 2.24. The number of rotatable bonds is 9. The van der Waals surface area contributed by atoms with Crippen molar-refractivity contribution < 1.29 is 14.3 Å². The fourth-order valence-corrected chi connectivity index (χ4v) is 3.34. The number of piperazine rings is 1. The molecule has 0 saturated carbocycles. The molecule has 2 heterocycles. The number of hydrogen-bond acceptors (Lipinski definition) is 6. The Kier molecular flexibility index (Phi) is 9.59. The third kappa shape index (κ3) is 6.54. The lowest BCUT2D eigenvalue weighted by Gasteiger charge is -2.33. The van der Waals surface area contributed by atoms with Crippen molar-refractivity contribution in [1.29, 1.82) is 0 Å². The molecule has 2 aliphatic heterocycles. The number of hydrogen-bond donors (Lipinski definition) is 2. The van der Waals surface area contributed by atoms with Gasteiger partial charge in [0, 0.05) is 38.9 Å². The highest BCUT2D eigenvalue weighted by molar-refractivity contribution is 5.94. The Morgan fingerprint density at radius 3 is 2.76 bits per heavy atom. The van der Waals surface area contributed by atoms with Gasteiger partial charge in [-0.3, -0.25) is 4.79 Å². The van der Waals surface area contributed by atoms with Crippen LogP contribution in [0.5, 0.6) is 0 Å². The van der Waals surface area contributed by atoms with E-state index in [9.17, 15) is 9.59 Å². The van der Waals surface area contributed by atoms with Gasteiger partial charge in [-0.2, -0.15) is 0 Å². The van der Waals surface area contributed by atoms with Gasteiger partial charge in [-0.15, -0.1) is 0 Å². The molecule has 1 amide bonds. The van der Waals surface area contributed by atoms with E-state index in [0.717, 1.165) is 50.3 Å². The van der Waals surface area contributed by atoms with Crippen LogP contribution in [0, 0.1) is 0 Å². The number of likely N-dealkylation sites (N-methyl/N-ethyl adjacent to an activating group) is 1.